The van der Waals surface area contributed by atoms with Crippen molar-refractivity contribution in [1.82, 2.24) is 0 Å². The maximum Gasteiger partial charge on any atom is 0.271 e. The highest BCUT2D eigenvalue weighted by Crippen LogP contribution is 2.26. The van der Waals surface area contributed by atoms with Gasteiger partial charge in [-0.15, -0.1) is 0 Å². The lowest BCUT2D eigenvalue weighted by atomic mass is 10.1. The number of non-ortho nitro benzene ring substituents is 1. The molecule has 0 spiro atoms. The molecule has 0 bridgehead atoms. The normalized spacial score (nSPS) is 10.2. The molecule has 0 fully saturated rings. The first-order chi connectivity index (χ1) is 10.9. The van der Waals surface area contributed by atoms with Crippen molar-refractivity contribution in [3.8, 4) is 5.75 Å². The molecule has 120 valence electrons. The molecule has 2 aromatic rings. The minimum absolute atomic E-state index is 0.153. The molecule has 0 atom stereocenters. The number of hydrogen-bond donors (Lipinski definition) is 1. The molecule has 2 rings (SSSR count). The fourth-order valence-corrected chi connectivity index (χ4v) is 2.18. The van der Waals surface area contributed by atoms with Crippen LogP contribution in [0.25, 0.3) is 0 Å². The summed E-state index contributed by atoms with van der Waals surface area (Å²) in [7, 11) is 0. The van der Waals surface area contributed by atoms with Crippen LogP contribution < -0.4 is 10.1 Å². The SMILES string of the molecule is Cc1ccc(OCC(=O)Nc2cc([N+](=O)[O-])ccc2Cl)c(C)c1. The van der Waals surface area contributed by atoms with E-state index in [4.69, 9.17) is 16.3 Å². The van der Waals surface area contributed by atoms with Gasteiger partial charge in [0.25, 0.3) is 11.6 Å². The van der Waals surface area contributed by atoms with Crippen LogP contribution in [0.2, 0.25) is 5.02 Å². The number of rotatable bonds is 5. The lowest BCUT2D eigenvalue weighted by Gasteiger charge is -2.11. The summed E-state index contributed by atoms with van der Waals surface area (Å²) in [6.45, 7) is 3.63. The zero-order chi connectivity index (χ0) is 17.0. The Labute approximate surface area is 138 Å². The summed E-state index contributed by atoms with van der Waals surface area (Å²) < 4.78 is 5.45. The van der Waals surface area contributed by atoms with Crippen molar-refractivity contribution in [2.24, 2.45) is 0 Å². The van der Waals surface area contributed by atoms with E-state index in [0.29, 0.717) is 5.75 Å². The van der Waals surface area contributed by atoms with Crippen LogP contribution in [-0.2, 0) is 4.79 Å². The lowest BCUT2D eigenvalue weighted by molar-refractivity contribution is -0.384. The summed E-state index contributed by atoms with van der Waals surface area (Å²) in [5, 5.41) is 13.5. The third-order valence-electron chi connectivity index (χ3n) is 3.12. The fraction of sp³-hybridized carbons (Fsp3) is 0.188. The number of benzene rings is 2. The number of ether oxygens (including phenoxy) is 1. The fourth-order valence-electron chi connectivity index (χ4n) is 2.01. The van der Waals surface area contributed by atoms with Crippen molar-refractivity contribution in [3.05, 3.63) is 62.7 Å². The predicted octanol–water partition coefficient (Wildman–Crippen LogP) is 3.88. The zero-order valence-corrected chi connectivity index (χ0v) is 13.4. The van der Waals surface area contributed by atoms with Gasteiger partial charge in [0.1, 0.15) is 5.75 Å². The number of carbonyl (C=O) groups excluding carboxylic acids is 1. The highest BCUT2D eigenvalue weighted by Gasteiger charge is 2.12. The number of nitrogens with one attached hydrogen (secondary N) is 1. The van der Waals surface area contributed by atoms with Gasteiger partial charge >= 0.3 is 0 Å². The van der Waals surface area contributed by atoms with Crippen LogP contribution in [0, 0.1) is 24.0 Å². The van der Waals surface area contributed by atoms with Crippen molar-refractivity contribution in [3.63, 3.8) is 0 Å². The van der Waals surface area contributed by atoms with Gasteiger partial charge in [-0.2, -0.15) is 0 Å². The van der Waals surface area contributed by atoms with E-state index in [1.165, 1.54) is 18.2 Å². The van der Waals surface area contributed by atoms with Crippen LogP contribution >= 0.6 is 11.6 Å². The summed E-state index contributed by atoms with van der Waals surface area (Å²) in [6.07, 6.45) is 0. The van der Waals surface area contributed by atoms with Crippen molar-refractivity contribution in [2.45, 2.75) is 13.8 Å². The highest BCUT2D eigenvalue weighted by atomic mass is 35.5. The van der Waals surface area contributed by atoms with Gasteiger partial charge in [-0.05, 0) is 31.5 Å². The first-order valence-corrected chi connectivity index (χ1v) is 7.18. The molecule has 0 aromatic heterocycles. The number of hydrogen-bond acceptors (Lipinski definition) is 4. The van der Waals surface area contributed by atoms with Gasteiger partial charge in [-0.1, -0.05) is 29.3 Å². The van der Waals surface area contributed by atoms with E-state index >= 15 is 0 Å². The minimum Gasteiger partial charge on any atom is -0.483 e. The van der Waals surface area contributed by atoms with Crippen LogP contribution in [0.5, 0.6) is 5.75 Å². The largest absolute Gasteiger partial charge is 0.483 e. The summed E-state index contributed by atoms with van der Waals surface area (Å²) in [4.78, 5) is 22.1. The Morgan fingerprint density at radius 3 is 2.65 bits per heavy atom. The molecule has 0 saturated carbocycles. The molecule has 2 aromatic carbocycles. The second kappa shape index (κ2) is 7.11. The third-order valence-corrected chi connectivity index (χ3v) is 3.45. The Hall–Kier alpha value is -2.60. The number of nitro benzene ring substituents is 1. The number of carbonyl (C=O) groups is 1. The minimum atomic E-state index is -0.557. The molecule has 23 heavy (non-hydrogen) atoms. The molecule has 1 amide bonds. The van der Waals surface area contributed by atoms with E-state index < -0.39 is 10.8 Å². The van der Waals surface area contributed by atoms with Crippen molar-refractivity contribution < 1.29 is 14.5 Å². The molecule has 0 unspecified atom stereocenters. The van der Waals surface area contributed by atoms with Gasteiger partial charge in [0.2, 0.25) is 0 Å². The maximum absolute atomic E-state index is 11.9. The van der Waals surface area contributed by atoms with Gasteiger partial charge < -0.3 is 10.1 Å². The summed E-state index contributed by atoms with van der Waals surface area (Å²) >= 11 is 5.93. The Morgan fingerprint density at radius 2 is 2.00 bits per heavy atom. The predicted molar refractivity (Wildman–Crippen MR) is 88.1 cm³/mol. The van der Waals surface area contributed by atoms with E-state index in [2.05, 4.69) is 5.32 Å². The molecular formula is C16H15ClN2O4. The van der Waals surface area contributed by atoms with Gasteiger partial charge in [0, 0.05) is 12.1 Å². The Kier molecular flexibility index (Phi) is 5.18. The maximum atomic E-state index is 11.9. The molecule has 0 heterocycles. The number of halogens is 1. The summed E-state index contributed by atoms with van der Waals surface area (Å²) in [6, 6.07) is 9.46. The van der Waals surface area contributed by atoms with E-state index in [9.17, 15) is 14.9 Å². The van der Waals surface area contributed by atoms with E-state index in [1.54, 1.807) is 6.07 Å². The standard InChI is InChI=1S/C16H15ClN2O4/c1-10-3-6-15(11(2)7-10)23-9-16(20)18-14-8-12(19(21)22)4-5-13(14)17/h3-8H,9H2,1-2H3,(H,18,20). The zero-order valence-electron chi connectivity index (χ0n) is 12.6. The Morgan fingerprint density at radius 1 is 1.26 bits per heavy atom. The second-order valence-electron chi connectivity index (χ2n) is 5.03. The molecular weight excluding hydrogens is 320 g/mol. The van der Waals surface area contributed by atoms with Gasteiger partial charge in [-0.25, -0.2) is 0 Å². The van der Waals surface area contributed by atoms with Gasteiger partial charge in [0.15, 0.2) is 6.61 Å². The number of aryl methyl sites for hydroxylation is 2. The van der Waals surface area contributed by atoms with Gasteiger partial charge in [0.05, 0.1) is 15.6 Å². The quantitative estimate of drug-likeness (QED) is 0.664. The van der Waals surface area contributed by atoms with Crippen LogP contribution in [0.1, 0.15) is 11.1 Å². The second-order valence-corrected chi connectivity index (χ2v) is 5.43. The molecule has 6 nitrogen and oxygen atoms in total. The van der Waals surface area contributed by atoms with E-state index in [-0.39, 0.29) is 23.0 Å². The lowest BCUT2D eigenvalue weighted by Crippen LogP contribution is -2.20. The topological polar surface area (TPSA) is 81.5 Å². The molecule has 1 N–H and O–H groups in total. The average molecular weight is 335 g/mol. The highest BCUT2D eigenvalue weighted by molar-refractivity contribution is 6.33. The van der Waals surface area contributed by atoms with Gasteiger partial charge in [-0.3, -0.25) is 14.9 Å². The summed E-state index contributed by atoms with van der Waals surface area (Å²) in [5.41, 5.74) is 2.05. The first kappa shape index (κ1) is 16.8. The first-order valence-electron chi connectivity index (χ1n) is 6.80. The monoisotopic (exact) mass is 334 g/mol. The number of anilines is 1. The molecule has 0 saturated heterocycles. The number of amides is 1. The summed E-state index contributed by atoms with van der Waals surface area (Å²) in [5.74, 6) is 0.156. The molecule has 0 aliphatic carbocycles. The average Bonchev–Trinajstić information content (AvgIpc) is 2.48. The van der Waals surface area contributed by atoms with Crippen molar-refractivity contribution in [1.29, 1.82) is 0 Å². The van der Waals surface area contributed by atoms with Crippen LogP contribution in [0.4, 0.5) is 11.4 Å². The molecule has 7 heteroatoms. The Bertz CT molecular complexity index is 762. The third kappa shape index (κ3) is 4.43. The number of nitrogens with zero attached hydrogens (tertiary/aromatic N) is 1. The van der Waals surface area contributed by atoms with Crippen LogP contribution in [0.3, 0.4) is 0 Å². The van der Waals surface area contributed by atoms with E-state index in [0.717, 1.165) is 11.1 Å². The molecule has 0 radical (unpaired) electrons. The van der Waals surface area contributed by atoms with Crippen LogP contribution in [-0.4, -0.2) is 17.4 Å². The Balaban J connectivity index is 2.02. The molecule has 0 aliphatic rings. The van der Waals surface area contributed by atoms with Crippen LogP contribution in [0.15, 0.2) is 36.4 Å². The number of nitro groups is 1. The smallest absolute Gasteiger partial charge is 0.271 e. The van der Waals surface area contributed by atoms with Crippen molar-refractivity contribution >= 4 is 28.9 Å². The van der Waals surface area contributed by atoms with E-state index in [1.807, 2.05) is 26.0 Å². The molecule has 0 aliphatic heterocycles. The van der Waals surface area contributed by atoms with Crippen molar-refractivity contribution in [2.75, 3.05) is 11.9 Å².